The van der Waals surface area contributed by atoms with Gasteiger partial charge >= 0.3 is 0 Å². The lowest BCUT2D eigenvalue weighted by Crippen LogP contribution is -2.31. The molecule has 4 heteroatoms. The van der Waals surface area contributed by atoms with E-state index < -0.39 is 10.8 Å². The lowest BCUT2D eigenvalue weighted by molar-refractivity contribution is 0.0769. The topological polar surface area (TPSA) is 37.4 Å². The van der Waals surface area contributed by atoms with Gasteiger partial charge in [-0.15, -0.1) is 0 Å². The molecule has 0 aliphatic carbocycles. The molecule has 0 fully saturated rings. The number of hydrogen-bond acceptors (Lipinski definition) is 2. The van der Waals surface area contributed by atoms with E-state index in [0.717, 1.165) is 0 Å². The van der Waals surface area contributed by atoms with Gasteiger partial charge in [-0.25, -0.2) is 0 Å². The predicted octanol–water partition coefficient (Wildman–Crippen LogP) is 1.91. The fourth-order valence-corrected chi connectivity index (χ4v) is 2.31. The first-order valence-corrected chi connectivity index (χ1v) is 6.89. The van der Waals surface area contributed by atoms with Crippen molar-refractivity contribution in [3.63, 3.8) is 0 Å². The van der Waals surface area contributed by atoms with Crippen LogP contribution in [-0.4, -0.2) is 34.4 Å². The average molecular weight is 239 g/mol. The van der Waals surface area contributed by atoms with Crippen molar-refractivity contribution in [2.75, 3.05) is 19.3 Å². The van der Waals surface area contributed by atoms with Gasteiger partial charge in [-0.1, -0.05) is 12.1 Å². The average Bonchev–Trinajstić information content (AvgIpc) is 2.30. The quantitative estimate of drug-likeness (QED) is 0.805. The van der Waals surface area contributed by atoms with E-state index in [9.17, 15) is 9.00 Å². The van der Waals surface area contributed by atoms with E-state index in [1.807, 2.05) is 13.8 Å². The van der Waals surface area contributed by atoms with Crippen LogP contribution in [0.15, 0.2) is 29.2 Å². The first kappa shape index (κ1) is 12.9. The van der Waals surface area contributed by atoms with Gasteiger partial charge in [-0.05, 0) is 26.0 Å². The number of hydrogen-bond donors (Lipinski definition) is 0. The first-order chi connectivity index (χ1) is 7.61. The van der Waals surface area contributed by atoms with Crippen LogP contribution < -0.4 is 0 Å². The van der Waals surface area contributed by atoms with E-state index in [-0.39, 0.29) is 5.91 Å². The Morgan fingerprint density at radius 3 is 2.31 bits per heavy atom. The SMILES string of the molecule is CCN(CC)C(=O)c1ccccc1S(C)=O. The van der Waals surface area contributed by atoms with Crippen LogP contribution in [0.25, 0.3) is 0 Å². The number of nitrogens with zero attached hydrogens (tertiary/aromatic N) is 1. The molecule has 0 radical (unpaired) electrons. The van der Waals surface area contributed by atoms with E-state index in [0.29, 0.717) is 23.5 Å². The van der Waals surface area contributed by atoms with Crippen molar-refractivity contribution in [2.45, 2.75) is 18.7 Å². The summed E-state index contributed by atoms with van der Waals surface area (Å²) in [4.78, 5) is 14.5. The van der Waals surface area contributed by atoms with Crippen LogP contribution in [-0.2, 0) is 10.8 Å². The lowest BCUT2D eigenvalue weighted by Gasteiger charge is -2.19. The van der Waals surface area contributed by atoms with Crippen molar-refractivity contribution in [3.8, 4) is 0 Å². The van der Waals surface area contributed by atoms with Gasteiger partial charge in [0, 0.05) is 19.3 Å². The number of rotatable bonds is 4. The molecule has 0 spiro atoms. The molecule has 88 valence electrons. The minimum absolute atomic E-state index is 0.0456. The van der Waals surface area contributed by atoms with Crippen LogP contribution >= 0.6 is 0 Å². The Morgan fingerprint density at radius 1 is 1.25 bits per heavy atom. The molecular weight excluding hydrogens is 222 g/mol. The summed E-state index contributed by atoms with van der Waals surface area (Å²) in [7, 11) is -1.13. The third kappa shape index (κ3) is 2.70. The summed E-state index contributed by atoms with van der Waals surface area (Å²) in [6, 6.07) is 7.08. The highest BCUT2D eigenvalue weighted by atomic mass is 32.2. The van der Waals surface area contributed by atoms with Gasteiger partial charge in [0.25, 0.3) is 5.91 Å². The molecule has 0 N–H and O–H groups in total. The fraction of sp³-hybridized carbons (Fsp3) is 0.417. The summed E-state index contributed by atoms with van der Waals surface area (Å²) in [5.41, 5.74) is 0.548. The Labute approximate surface area is 98.9 Å². The summed E-state index contributed by atoms with van der Waals surface area (Å²) in [6.45, 7) is 5.21. The van der Waals surface area contributed by atoms with Gasteiger partial charge in [0.15, 0.2) is 0 Å². The molecule has 1 atom stereocenters. The minimum atomic E-state index is -1.13. The molecule has 1 aromatic rings. The van der Waals surface area contributed by atoms with Crippen molar-refractivity contribution in [3.05, 3.63) is 29.8 Å². The summed E-state index contributed by atoms with van der Waals surface area (Å²) < 4.78 is 11.5. The van der Waals surface area contributed by atoms with Crippen molar-refractivity contribution in [1.82, 2.24) is 4.90 Å². The summed E-state index contributed by atoms with van der Waals surface area (Å²) in [6.07, 6.45) is 1.59. The van der Waals surface area contributed by atoms with Gasteiger partial charge in [-0.3, -0.25) is 9.00 Å². The molecule has 0 aliphatic heterocycles. The van der Waals surface area contributed by atoms with Crippen molar-refractivity contribution >= 4 is 16.7 Å². The second-order valence-electron chi connectivity index (χ2n) is 3.43. The maximum atomic E-state index is 12.1. The molecular formula is C12H17NO2S. The third-order valence-electron chi connectivity index (χ3n) is 2.48. The van der Waals surface area contributed by atoms with Gasteiger partial charge in [0.1, 0.15) is 0 Å². The number of amides is 1. The molecule has 1 unspecified atom stereocenters. The predicted molar refractivity (Wildman–Crippen MR) is 66.0 cm³/mol. The zero-order valence-electron chi connectivity index (χ0n) is 9.90. The van der Waals surface area contributed by atoms with Crippen LogP contribution in [0.1, 0.15) is 24.2 Å². The minimum Gasteiger partial charge on any atom is -0.339 e. The zero-order valence-corrected chi connectivity index (χ0v) is 10.7. The molecule has 1 aromatic carbocycles. The van der Waals surface area contributed by atoms with Crippen LogP contribution in [0.4, 0.5) is 0 Å². The van der Waals surface area contributed by atoms with E-state index in [1.165, 1.54) is 0 Å². The van der Waals surface area contributed by atoms with E-state index in [4.69, 9.17) is 0 Å². The Balaban J connectivity index is 3.12. The van der Waals surface area contributed by atoms with Gasteiger partial charge < -0.3 is 4.90 Å². The highest BCUT2D eigenvalue weighted by Gasteiger charge is 2.17. The van der Waals surface area contributed by atoms with E-state index in [2.05, 4.69) is 0 Å². The Hall–Kier alpha value is -1.16. The van der Waals surface area contributed by atoms with E-state index >= 15 is 0 Å². The van der Waals surface area contributed by atoms with Crippen molar-refractivity contribution in [2.24, 2.45) is 0 Å². The van der Waals surface area contributed by atoms with Crippen LogP contribution in [0, 0.1) is 0 Å². The first-order valence-electron chi connectivity index (χ1n) is 5.33. The Kier molecular flexibility index (Phi) is 4.68. The summed E-state index contributed by atoms with van der Waals surface area (Å²) in [5.74, 6) is -0.0456. The molecule has 1 rings (SSSR count). The molecule has 0 saturated carbocycles. The fourth-order valence-electron chi connectivity index (χ4n) is 1.58. The van der Waals surface area contributed by atoms with Crippen LogP contribution in [0.2, 0.25) is 0 Å². The molecule has 0 heterocycles. The second kappa shape index (κ2) is 5.80. The molecule has 0 saturated heterocycles. The van der Waals surface area contributed by atoms with Crippen LogP contribution in [0.3, 0.4) is 0 Å². The largest absolute Gasteiger partial charge is 0.339 e. The molecule has 0 bridgehead atoms. The number of benzene rings is 1. The second-order valence-corrected chi connectivity index (χ2v) is 4.78. The lowest BCUT2D eigenvalue weighted by atomic mass is 10.2. The molecule has 16 heavy (non-hydrogen) atoms. The molecule has 1 amide bonds. The van der Waals surface area contributed by atoms with Crippen LogP contribution in [0.5, 0.6) is 0 Å². The number of carbonyl (C=O) groups excluding carboxylic acids is 1. The monoisotopic (exact) mass is 239 g/mol. The summed E-state index contributed by atoms with van der Waals surface area (Å²) in [5, 5.41) is 0. The molecule has 0 aromatic heterocycles. The summed E-state index contributed by atoms with van der Waals surface area (Å²) >= 11 is 0. The smallest absolute Gasteiger partial charge is 0.255 e. The van der Waals surface area contributed by atoms with E-state index in [1.54, 1.807) is 35.4 Å². The highest BCUT2D eigenvalue weighted by molar-refractivity contribution is 7.84. The molecule has 3 nitrogen and oxygen atoms in total. The Morgan fingerprint density at radius 2 is 1.81 bits per heavy atom. The molecule has 0 aliphatic rings. The van der Waals surface area contributed by atoms with Gasteiger partial charge in [-0.2, -0.15) is 0 Å². The Bertz CT molecular complexity index is 400. The van der Waals surface area contributed by atoms with Gasteiger partial charge in [0.2, 0.25) is 0 Å². The number of carbonyl (C=O) groups is 1. The normalized spacial score (nSPS) is 12.2. The maximum absolute atomic E-state index is 12.1. The maximum Gasteiger partial charge on any atom is 0.255 e. The highest BCUT2D eigenvalue weighted by Crippen LogP contribution is 2.14. The van der Waals surface area contributed by atoms with Crippen molar-refractivity contribution < 1.29 is 9.00 Å². The van der Waals surface area contributed by atoms with Crippen molar-refractivity contribution in [1.29, 1.82) is 0 Å². The van der Waals surface area contributed by atoms with Gasteiger partial charge in [0.05, 0.1) is 21.3 Å². The zero-order chi connectivity index (χ0) is 12.1. The standard InChI is InChI=1S/C12H17NO2S/c1-4-13(5-2)12(14)10-8-6-7-9-11(10)16(3)15/h6-9H,4-5H2,1-3H3. The third-order valence-corrected chi connectivity index (χ3v) is 3.45.